The van der Waals surface area contributed by atoms with Crippen LogP contribution in [0.1, 0.15) is 11.3 Å². The smallest absolute Gasteiger partial charge is 0.368 e. The second kappa shape index (κ2) is 6.55. The van der Waals surface area contributed by atoms with Crippen molar-refractivity contribution >= 4 is 11.6 Å². The highest BCUT2D eigenvalue weighted by atomic mass is 19.4. The van der Waals surface area contributed by atoms with Gasteiger partial charge in [0.2, 0.25) is 5.95 Å². The predicted molar refractivity (Wildman–Crippen MR) is 82.6 cm³/mol. The Balaban J connectivity index is 1.70. The minimum Gasteiger partial charge on any atom is -0.368 e. The molecule has 0 radical (unpaired) electrons. The molecule has 1 saturated heterocycles. The van der Waals surface area contributed by atoms with Gasteiger partial charge >= 0.3 is 6.18 Å². The van der Waals surface area contributed by atoms with Crippen LogP contribution in [0.4, 0.5) is 29.2 Å². The Hall–Kier alpha value is -2.89. The van der Waals surface area contributed by atoms with Gasteiger partial charge in [0.1, 0.15) is 17.6 Å². The van der Waals surface area contributed by atoms with Crippen molar-refractivity contribution in [3.05, 3.63) is 47.5 Å². The molecule has 0 amide bonds. The number of hydrogen-bond acceptors (Lipinski definition) is 5. The van der Waals surface area contributed by atoms with Gasteiger partial charge < -0.3 is 9.80 Å². The highest BCUT2D eigenvalue weighted by Gasteiger charge is 2.33. The molecule has 130 valence electrons. The van der Waals surface area contributed by atoms with Gasteiger partial charge in [0.25, 0.3) is 0 Å². The van der Waals surface area contributed by atoms with Crippen LogP contribution in [0.3, 0.4) is 0 Å². The Bertz CT molecular complexity index is 807. The molecule has 2 heterocycles. The summed E-state index contributed by atoms with van der Waals surface area (Å²) in [6.45, 7) is 1.77. The van der Waals surface area contributed by atoms with Crippen LogP contribution in [0.25, 0.3) is 0 Å². The zero-order valence-electron chi connectivity index (χ0n) is 13.0. The van der Waals surface area contributed by atoms with Crippen LogP contribution < -0.4 is 9.80 Å². The highest BCUT2D eigenvalue weighted by Crippen LogP contribution is 2.28. The summed E-state index contributed by atoms with van der Waals surface area (Å²) < 4.78 is 51.9. The van der Waals surface area contributed by atoms with Gasteiger partial charge in [-0.15, -0.1) is 0 Å². The van der Waals surface area contributed by atoms with Crippen molar-refractivity contribution in [2.75, 3.05) is 36.0 Å². The van der Waals surface area contributed by atoms with Crippen molar-refractivity contribution in [3.8, 4) is 6.07 Å². The first kappa shape index (κ1) is 17.0. The van der Waals surface area contributed by atoms with Gasteiger partial charge in [-0.25, -0.2) is 14.4 Å². The van der Waals surface area contributed by atoms with Crippen molar-refractivity contribution in [2.24, 2.45) is 0 Å². The molecule has 0 saturated carbocycles. The lowest BCUT2D eigenvalue weighted by Gasteiger charge is -2.36. The third kappa shape index (κ3) is 3.63. The van der Waals surface area contributed by atoms with Crippen molar-refractivity contribution in [1.29, 1.82) is 5.26 Å². The fourth-order valence-electron chi connectivity index (χ4n) is 2.61. The molecule has 0 bridgehead atoms. The van der Waals surface area contributed by atoms with E-state index in [0.29, 0.717) is 31.9 Å². The van der Waals surface area contributed by atoms with E-state index < -0.39 is 17.7 Å². The summed E-state index contributed by atoms with van der Waals surface area (Å²) in [7, 11) is 0. The molecule has 9 heteroatoms. The maximum absolute atomic E-state index is 13.7. The summed E-state index contributed by atoms with van der Waals surface area (Å²) in [6, 6.07) is 6.94. The Kier molecular flexibility index (Phi) is 4.44. The molecular weight excluding hydrogens is 338 g/mol. The molecule has 1 aromatic heterocycles. The van der Waals surface area contributed by atoms with E-state index in [0.717, 1.165) is 12.3 Å². The van der Waals surface area contributed by atoms with Crippen LogP contribution in [0.5, 0.6) is 0 Å². The van der Waals surface area contributed by atoms with Crippen molar-refractivity contribution < 1.29 is 17.6 Å². The molecule has 0 N–H and O–H groups in total. The molecule has 1 aliphatic heterocycles. The average molecular weight is 351 g/mol. The average Bonchev–Trinajstić information content (AvgIpc) is 2.61. The van der Waals surface area contributed by atoms with E-state index in [2.05, 4.69) is 9.97 Å². The summed E-state index contributed by atoms with van der Waals surface area (Å²) in [5, 5.41) is 8.76. The quantitative estimate of drug-likeness (QED) is 0.779. The number of piperazine rings is 1. The van der Waals surface area contributed by atoms with E-state index >= 15 is 0 Å². The molecule has 0 unspecified atom stereocenters. The second-order valence-corrected chi connectivity index (χ2v) is 5.49. The van der Waals surface area contributed by atoms with Gasteiger partial charge in [-0.1, -0.05) is 0 Å². The van der Waals surface area contributed by atoms with Crippen LogP contribution in [0.2, 0.25) is 0 Å². The van der Waals surface area contributed by atoms with Crippen LogP contribution in [0.15, 0.2) is 30.5 Å². The maximum atomic E-state index is 13.7. The number of benzene rings is 1. The number of alkyl halides is 3. The second-order valence-electron chi connectivity index (χ2n) is 5.49. The van der Waals surface area contributed by atoms with E-state index in [9.17, 15) is 17.6 Å². The normalized spacial score (nSPS) is 15.2. The number of rotatable bonds is 2. The molecule has 1 aliphatic rings. The lowest BCUT2D eigenvalue weighted by molar-refractivity contribution is -0.141. The lowest BCUT2D eigenvalue weighted by atomic mass is 10.2. The van der Waals surface area contributed by atoms with Gasteiger partial charge in [-0.2, -0.15) is 18.4 Å². The topological polar surface area (TPSA) is 56.1 Å². The molecule has 3 rings (SSSR count). The number of anilines is 2. The molecule has 2 aromatic rings. The third-order valence-electron chi connectivity index (χ3n) is 3.93. The summed E-state index contributed by atoms with van der Waals surface area (Å²) >= 11 is 0. The minimum atomic E-state index is -4.51. The minimum absolute atomic E-state index is 0.0280. The van der Waals surface area contributed by atoms with Crippen molar-refractivity contribution in [3.63, 3.8) is 0 Å². The first-order valence-corrected chi connectivity index (χ1v) is 7.48. The van der Waals surface area contributed by atoms with Crippen LogP contribution in [0, 0.1) is 17.1 Å². The van der Waals surface area contributed by atoms with Crippen molar-refractivity contribution in [1.82, 2.24) is 9.97 Å². The summed E-state index contributed by atoms with van der Waals surface area (Å²) in [5.74, 6) is -0.566. The first-order valence-electron chi connectivity index (χ1n) is 7.48. The fraction of sp³-hybridized carbons (Fsp3) is 0.312. The fourth-order valence-corrected chi connectivity index (χ4v) is 2.61. The Morgan fingerprint density at radius 1 is 1.04 bits per heavy atom. The van der Waals surface area contributed by atoms with Gasteiger partial charge in [-0.05, 0) is 24.3 Å². The van der Waals surface area contributed by atoms with Crippen LogP contribution >= 0.6 is 0 Å². The first-order chi connectivity index (χ1) is 11.9. The summed E-state index contributed by atoms with van der Waals surface area (Å²) in [6.07, 6.45) is -3.42. The van der Waals surface area contributed by atoms with E-state index in [-0.39, 0.29) is 11.5 Å². The van der Waals surface area contributed by atoms with E-state index in [1.54, 1.807) is 17.0 Å². The third-order valence-corrected chi connectivity index (χ3v) is 3.93. The van der Waals surface area contributed by atoms with Crippen molar-refractivity contribution in [2.45, 2.75) is 6.18 Å². The number of nitrogens with zero attached hydrogens (tertiary/aromatic N) is 5. The molecule has 0 aliphatic carbocycles. The zero-order valence-corrected chi connectivity index (χ0v) is 13.0. The number of halogens is 4. The number of hydrogen-bond donors (Lipinski definition) is 0. The molecule has 1 fully saturated rings. The molecule has 5 nitrogen and oxygen atoms in total. The standard InChI is InChI=1S/C16H13F4N5/c17-13-9-12(2-1-11(13)10-21)24-5-7-25(8-6-24)15-22-4-3-14(23-15)16(18,19)20/h1-4,9H,5-8H2. The van der Waals surface area contributed by atoms with E-state index in [4.69, 9.17) is 5.26 Å². The lowest BCUT2D eigenvalue weighted by Crippen LogP contribution is -2.47. The molecular formula is C16H13F4N5. The van der Waals surface area contributed by atoms with Gasteiger partial charge in [0.15, 0.2) is 0 Å². The Morgan fingerprint density at radius 2 is 1.72 bits per heavy atom. The zero-order chi connectivity index (χ0) is 18.0. The summed E-state index contributed by atoms with van der Waals surface area (Å²) in [5.41, 5.74) is -0.380. The largest absolute Gasteiger partial charge is 0.433 e. The van der Waals surface area contributed by atoms with Gasteiger partial charge in [0, 0.05) is 38.1 Å². The van der Waals surface area contributed by atoms with Crippen LogP contribution in [-0.4, -0.2) is 36.1 Å². The van der Waals surface area contributed by atoms with Crippen LogP contribution in [-0.2, 0) is 6.18 Å². The summed E-state index contributed by atoms with van der Waals surface area (Å²) in [4.78, 5) is 11.0. The molecule has 25 heavy (non-hydrogen) atoms. The molecule has 0 atom stereocenters. The number of aromatic nitrogens is 2. The molecule has 0 spiro atoms. The Labute approximate surface area is 141 Å². The van der Waals surface area contributed by atoms with Gasteiger partial charge in [-0.3, -0.25) is 0 Å². The molecule has 1 aromatic carbocycles. The SMILES string of the molecule is N#Cc1ccc(N2CCN(c3nccc(C(F)(F)F)n3)CC2)cc1F. The maximum Gasteiger partial charge on any atom is 0.433 e. The van der Waals surface area contributed by atoms with Gasteiger partial charge in [0.05, 0.1) is 5.56 Å². The number of nitriles is 1. The van der Waals surface area contributed by atoms with E-state index in [1.807, 2.05) is 4.90 Å². The predicted octanol–water partition coefficient (Wildman–Crippen LogP) is 2.83. The Morgan fingerprint density at radius 3 is 2.32 bits per heavy atom. The monoisotopic (exact) mass is 351 g/mol. The highest BCUT2D eigenvalue weighted by molar-refractivity contribution is 5.52. The van der Waals surface area contributed by atoms with E-state index in [1.165, 1.54) is 12.1 Å².